The Morgan fingerprint density at radius 1 is 1.57 bits per heavy atom. The summed E-state index contributed by atoms with van der Waals surface area (Å²) in [7, 11) is 0. The van der Waals surface area contributed by atoms with Crippen LogP contribution in [0.25, 0.3) is 0 Å². The molecule has 14 heavy (non-hydrogen) atoms. The fourth-order valence-electron chi connectivity index (χ4n) is 2.25. The van der Waals surface area contributed by atoms with Crippen LogP contribution in [0.1, 0.15) is 40.5 Å². The van der Waals surface area contributed by atoms with Crippen LogP contribution in [0.5, 0.6) is 0 Å². The minimum atomic E-state index is -0.238. The molecule has 0 saturated heterocycles. The number of carbonyl (C=O) groups excluding carboxylic acids is 1. The smallest absolute Gasteiger partial charge is 0.130 e. The lowest BCUT2D eigenvalue weighted by molar-refractivity contribution is -0.115. The third kappa shape index (κ3) is 2.14. The molecule has 1 nitrogen and oxygen atoms in total. The van der Waals surface area contributed by atoms with Gasteiger partial charge in [-0.1, -0.05) is 30.2 Å². The zero-order valence-electron chi connectivity index (χ0n) is 9.63. The highest BCUT2D eigenvalue weighted by molar-refractivity contribution is 5.65. The van der Waals surface area contributed by atoms with Crippen molar-refractivity contribution in [1.82, 2.24) is 0 Å². The van der Waals surface area contributed by atoms with E-state index in [0.29, 0.717) is 5.92 Å². The Hall–Kier alpha value is -0.850. The quantitative estimate of drug-likeness (QED) is 0.483. The standard InChI is InChI=1S/C13H20O/c1-10(2)8-13(9-14)6-5-11(3)7-12(13)4/h7-9,12H,5-6H2,1-4H3/t12-,13+/m0/s1. The predicted octanol–water partition coefficient (Wildman–Crippen LogP) is 3.51. The number of aldehydes is 1. The van der Waals surface area contributed by atoms with Gasteiger partial charge in [-0.2, -0.15) is 0 Å². The number of hydrogen-bond acceptors (Lipinski definition) is 1. The number of carbonyl (C=O) groups is 1. The Morgan fingerprint density at radius 2 is 2.21 bits per heavy atom. The zero-order chi connectivity index (χ0) is 10.8. The van der Waals surface area contributed by atoms with E-state index in [9.17, 15) is 4.79 Å². The van der Waals surface area contributed by atoms with E-state index in [1.165, 1.54) is 11.1 Å². The highest BCUT2D eigenvalue weighted by Gasteiger charge is 2.34. The van der Waals surface area contributed by atoms with Crippen molar-refractivity contribution in [2.45, 2.75) is 40.5 Å². The maximum atomic E-state index is 11.3. The molecule has 0 saturated carbocycles. The first kappa shape index (κ1) is 11.2. The van der Waals surface area contributed by atoms with Gasteiger partial charge in [0.25, 0.3) is 0 Å². The van der Waals surface area contributed by atoms with E-state index in [-0.39, 0.29) is 5.41 Å². The van der Waals surface area contributed by atoms with Crippen LogP contribution in [0.3, 0.4) is 0 Å². The Kier molecular flexibility index (Phi) is 3.30. The van der Waals surface area contributed by atoms with Gasteiger partial charge >= 0.3 is 0 Å². The lowest BCUT2D eigenvalue weighted by Crippen LogP contribution is -2.30. The van der Waals surface area contributed by atoms with E-state index in [2.05, 4.69) is 39.8 Å². The topological polar surface area (TPSA) is 17.1 Å². The molecule has 0 unspecified atom stereocenters. The van der Waals surface area contributed by atoms with Crippen molar-refractivity contribution in [3.63, 3.8) is 0 Å². The fourth-order valence-corrected chi connectivity index (χ4v) is 2.25. The molecule has 0 aromatic heterocycles. The van der Waals surface area contributed by atoms with Crippen LogP contribution in [0, 0.1) is 11.3 Å². The molecule has 0 radical (unpaired) electrons. The van der Waals surface area contributed by atoms with Gasteiger partial charge in [0.05, 0.1) is 5.41 Å². The predicted molar refractivity (Wildman–Crippen MR) is 60.1 cm³/mol. The molecule has 0 spiro atoms. The van der Waals surface area contributed by atoms with Crippen LogP contribution in [-0.2, 0) is 4.79 Å². The van der Waals surface area contributed by atoms with Gasteiger partial charge in [-0.15, -0.1) is 0 Å². The maximum Gasteiger partial charge on any atom is 0.130 e. The Labute approximate surface area is 86.9 Å². The van der Waals surface area contributed by atoms with Crippen LogP contribution in [0.4, 0.5) is 0 Å². The third-order valence-corrected chi connectivity index (χ3v) is 3.11. The second kappa shape index (κ2) is 4.12. The summed E-state index contributed by atoms with van der Waals surface area (Å²) in [6, 6.07) is 0. The number of hydrogen-bond donors (Lipinski definition) is 0. The lowest BCUT2D eigenvalue weighted by Gasteiger charge is -2.34. The number of rotatable bonds is 2. The molecule has 0 N–H and O–H groups in total. The summed E-state index contributed by atoms with van der Waals surface area (Å²) in [5, 5.41) is 0. The maximum absolute atomic E-state index is 11.3. The fraction of sp³-hybridized carbons (Fsp3) is 0.615. The molecule has 1 aliphatic rings. The monoisotopic (exact) mass is 192 g/mol. The third-order valence-electron chi connectivity index (χ3n) is 3.11. The van der Waals surface area contributed by atoms with E-state index >= 15 is 0 Å². The Morgan fingerprint density at radius 3 is 2.64 bits per heavy atom. The molecule has 0 bridgehead atoms. The normalized spacial score (nSPS) is 32.0. The van der Waals surface area contributed by atoms with Gasteiger partial charge in [-0.05, 0) is 39.5 Å². The molecule has 0 aromatic carbocycles. The minimum Gasteiger partial charge on any atom is -0.302 e. The largest absolute Gasteiger partial charge is 0.302 e. The lowest BCUT2D eigenvalue weighted by atomic mass is 9.68. The highest BCUT2D eigenvalue weighted by Crippen LogP contribution is 2.40. The van der Waals surface area contributed by atoms with Gasteiger partial charge in [0.1, 0.15) is 6.29 Å². The van der Waals surface area contributed by atoms with Crippen molar-refractivity contribution in [1.29, 1.82) is 0 Å². The summed E-state index contributed by atoms with van der Waals surface area (Å²) >= 11 is 0. The molecule has 0 amide bonds. The van der Waals surface area contributed by atoms with Crippen LogP contribution < -0.4 is 0 Å². The minimum absolute atomic E-state index is 0.238. The van der Waals surface area contributed by atoms with Crippen molar-refractivity contribution in [2.75, 3.05) is 0 Å². The van der Waals surface area contributed by atoms with Crippen LogP contribution >= 0.6 is 0 Å². The second-order valence-electron chi connectivity index (χ2n) is 4.75. The molecule has 0 heterocycles. The Balaban J connectivity index is 3.02. The molecule has 0 aromatic rings. The van der Waals surface area contributed by atoms with E-state index in [0.717, 1.165) is 19.1 Å². The van der Waals surface area contributed by atoms with Gasteiger partial charge in [0.15, 0.2) is 0 Å². The van der Waals surface area contributed by atoms with Gasteiger partial charge in [-0.3, -0.25) is 0 Å². The zero-order valence-corrected chi connectivity index (χ0v) is 9.63. The molecule has 1 rings (SSSR count). The summed E-state index contributed by atoms with van der Waals surface area (Å²) in [4.78, 5) is 11.3. The first-order valence-electron chi connectivity index (χ1n) is 5.30. The first-order chi connectivity index (χ1) is 6.50. The van der Waals surface area contributed by atoms with Gasteiger partial charge in [-0.25, -0.2) is 0 Å². The molecule has 0 fully saturated rings. The van der Waals surface area contributed by atoms with Crippen molar-refractivity contribution in [2.24, 2.45) is 11.3 Å². The average molecular weight is 192 g/mol. The van der Waals surface area contributed by atoms with Gasteiger partial charge in [0.2, 0.25) is 0 Å². The van der Waals surface area contributed by atoms with E-state index < -0.39 is 0 Å². The van der Waals surface area contributed by atoms with Crippen molar-refractivity contribution in [3.05, 3.63) is 23.3 Å². The summed E-state index contributed by atoms with van der Waals surface area (Å²) in [5.74, 6) is 0.337. The van der Waals surface area contributed by atoms with E-state index in [4.69, 9.17) is 0 Å². The van der Waals surface area contributed by atoms with E-state index in [1.54, 1.807) is 0 Å². The molecular weight excluding hydrogens is 172 g/mol. The highest BCUT2D eigenvalue weighted by atomic mass is 16.1. The number of allylic oxidation sites excluding steroid dienone is 4. The molecule has 1 aliphatic carbocycles. The summed E-state index contributed by atoms with van der Waals surface area (Å²) in [5.41, 5.74) is 2.41. The molecule has 78 valence electrons. The molecule has 0 aliphatic heterocycles. The van der Waals surface area contributed by atoms with Crippen molar-refractivity contribution < 1.29 is 4.79 Å². The van der Waals surface area contributed by atoms with Crippen LogP contribution in [0.2, 0.25) is 0 Å². The van der Waals surface area contributed by atoms with Crippen molar-refractivity contribution in [3.8, 4) is 0 Å². The first-order valence-corrected chi connectivity index (χ1v) is 5.30. The summed E-state index contributed by atoms with van der Waals surface area (Å²) in [6.45, 7) is 8.40. The molecule has 1 heteroatoms. The second-order valence-corrected chi connectivity index (χ2v) is 4.75. The Bertz CT molecular complexity index is 282. The van der Waals surface area contributed by atoms with Crippen LogP contribution in [-0.4, -0.2) is 6.29 Å². The summed E-state index contributed by atoms with van der Waals surface area (Å²) in [6.07, 6.45) is 7.51. The summed E-state index contributed by atoms with van der Waals surface area (Å²) < 4.78 is 0. The molecular formula is C13H20O. The molecule has 2 atom stereocenters. The van der Waals surface area contributed by atoms with Crippen LogP contribution in [0.15, 0.2) is 23.3 Å². The van der Waals surface area contributed by atoms with E-state index in [1.807, 2.05) is 0 Å². The van der Waals surface area contributed by atoms with Gasteiger partial charge in [0, 0.05) is 0 Å². The average Bonchev–Trinajstić information content (AvgIpc) is 2.10. The SMILES string of the molecule is CC(C)=C[C@@]1(C=O)CCC(C)=C[C@@H]1C. The van der Waals surface area contributed by atoms with Gasteiger partial charge < -0.3 is 4.79 Å². The van der Waals surface area contributed by atoms with Crippen molar-refractivity contribution >= 4 is 6.29 Å².